The van der Waals surface area contributed by atoms with Crippen molar-refractivity contribution in [2.75, 3.05) is 13.2 Å². The maximum Gasteiger partial charge on any atom is 0.142 e. The van der Waals surface area contributed by atoms with Gasteiger partial charge in [-0.05, 0) is 0 Å². The lowest BCUT2D eigenvalue weighted by molar-refractivity contribution is -0.0300. The first-order valence-electron chi connectivity index (χ1n) is 4.11. The normalized spacial score (nSPS) is 48.2. The fraction of sp³-hybridized carbons (Fsp3) is 1.00. The third-order valence-corrected chi connectivity index (χ3v) is 2.74. The van der Waals surface area contributed by atoms with E-state index in [0.717, 1.165) is 0 Å². The number of aliphatic hydroxyl groups is 3. The van der Waals surface area contributed by atoms with E-state index >= 15 is 0 Å². The first-order chi connectivity index (χ1) is 5.56. The summed E-state index contributed by atoms with van der Waals surface area (Å²) in [5.41, 5.74) is -0.728. The molecule has 3 N–H and O–H groups in total. The fourth-order valence-electron chi connectivity index (χ4n) is 1.66. The predicted molar refractivity (Wildman–Crippen MR) is 45.5 cm³/mol. The molecule has 1 unspecified atom stereocenters. The van der Waals surface area contributed by atoms with Crippen LogP contribution in [0.25, 0.3) is 0 Å². The number of ether oxygens (including phenoxy) is 1. The molecular formula is C7H15BO4. The van der Waals surface area contributed by atoms with Gasteiger partial charge in [0.2, 0.25) is 0 Å². The maximum absolute atomic E-state index is 9.62. The van der Waals surface area contributed by atoms with Gasteiger partial charge in [-0.3, -0.25) is 0 Å². The minimum absolute atomic E-state index is 0.168. The molecule has 0 bridgehead atoms. The Morgan fingerprint density at radius 3 is 2.42 bits per heavy atom. The lowest BCUT2D eigenvalue weighted by Gasteiger charge is -2.29. The van der Waals surface area contributed by atoms with Crippen LogP contribution in [0.4, 0.5) is 0 Å². The van der Waals surface area contributed by atoms with Gasteiger partial charge < -0.3 is 20.1 Å². The van der Waals surface area contributed by atoms with Crippen LogP contribution in [-0.2, 0) is 4.74 Å². The second-order valence-corrected chi connectivity index (χ2v) is 3.62. The topological polar surface area (TPSA) is 69.9 Å². The molecule has 1 fully saturated rings. The summed E-state index contributed by atoms with van der Waals surface area (Å²) in [5, 5.41) is 27.6. The number of hydrogen-bond donors (Lipinski definition) is 3. The van der Waals surface area contributed by atoms with Crippen molar-refractivity contribution >= 4 is 7.85 Å². The van der Waals surface area contributed by atoms with Gasteiger partial charge in [-0.15, -0.1) is 0 Å². The summed E-state index contributed by atoms with van der Waals surface area (Å²) in [4.78, 5) is 0. The highest BCUT2D eigenvalue weighted by atomic mass is 16.5. The fourth-order valence-corrected chi connectivity index (χ4v) is 1.66. The molecule has 1 aliphatic heterocycles. The summed E-state index contributed by atoms with van der Waals surface area (Å²) < 4.78 is 5.27. The van der Waals surface area contributed by atoms with Crippen LogP contribution in [0.1, 0.15) is 6.92 Å². The lowest BCUT2D eigenvalue weighted by atomic mass is 9.76. The number of aliphatic hydroxyl groups excluding tert-OH is 3. The molecular weight excluding hydrogens is 159 g/mol. The second-order valence-electron chi connectivity index (χ2n) is 3.62. The Balaban J connectivity index is 2.80. The van der Waals surface area contributed by atoms with Crippen molar-refractivity contribution in [2.24, 2.45) is 5.41 Å². The van der Waals surface area contributed by atoms with Gasteiger partial charge in [-0.25, -0.2) is 0 Å². The summed E-state index contributed by atoms with van der Waals surface area (Å²) in [6.07, 6.45) is -1.17. The van der Waals surface area contributed by atoms with Crippen LogP contribution in [-0.4, -0.2) is 54.6 Å². The molecule has 0 aliphatic carbocycles. The molecule has 0 amide bonds. The van der Waals surface area contributed by atoms with Gasteiger partial charge in [-0.1, -0.05) is 6.92 Å². The van der Waals surface area contributed by atoms with Crippen molar-refractivity contribution in [3.8, 4) is 0 Å². The van der Waals surface area contributed by atoms with Crippen molar-refractivity contribution in [3.05, 3.63) is 0 Å². The van der Waals surface area contributed by atoms with Crippen molar-refractivity contribution in [1.29, 1.82) is 0 Å². The third-order valence-electron chi connectivity index (χ3n) is 2.74. The molecule has 0 aromatic carbocycles. The quantitative estimate of drug-likeness (QED) is 0.411. The minimum atomic E-state index is -0.728. The summed E-state index contributed by atoms with van der Waals surface area (Å²) in [7, 11) is 1.73. The monoisotopic (exact) mass is 174 g/mol. The number of rotatable bonds is 2. The molecule has 0 aromatic heterocycles. The molecule has 1 rings (SSSR count). The highest BCUT2D eigenvalue weighted by Crippen LogP contribution is 2.36. The van der Waals surface area contributed by atoms with Crippen LogP contribution >= 0.6 is 0 Å². The van der Waals surface area contributed by atoms with E-state index in [4.69, 9.17) is 14.9 Å². The van der Waals surface area contributed by atoms with E-state index in [1.807, 2.05) is 0 Å². The highest BCUT2D eigenvalue weighted by molar-refractivity contribution is 6.11. The smallest absolute Gasteiger partial charge is 0.142 e. The van der Waals surface area contributed by atoms with E-state index in [-0.39, 0.29) is 19.2 Å². The molecule has 4 nitrogen and oxygen atoms in total. The van der Waals surface area contributed by atoms with E-state index in [1.165, 1.54) is 0 Å². The first-order valence-corrected chi connectivity index (χ1v) is 4.11. The van der Waals surface area contributed by atoms with Gasteiger partial charge in [0.05, 0.1) is 31.4 Å². The van der Waals surface area contributed by atoms with E-state index in [1.54, 1.807) is 14.8 Å². The molecule has 70 valence electrons. The van der Waals surface area contributed by atoms with Gasteiger partial charge in [-0.2, -0.15) is 0 Å². The van der Waals surface area contributed by atoms with Crippen LogP contribution in [0.5, 0.6) is 0 Å². The Labute approximate surface area is 72.6 Å². The third kappa shape index (κ3) is 1.27. The van der Waals surface area contributed by atoms with Crippen molar-refractivity contribution < 1.29 is 20.1 Å². The van der Waals surface area contributed by atoms with Gasteiger partial charge in [0.15, 0.2) is 0 Å². The Morgan fingerprint density at radius 1 is 1.50 bits per heavy atom. The first kappa shape index (κ1) is 9.99. The molecule has 1 heterocycles. The van der Waals surface area contributed by atoms with Crippen LogP contribution in [0.15, 0.2) is 0 Å². The van der Waals surface area contributed by atoms with E-state index < -0.39 is 17.6 Å². The van der Waals surface area contributed by atoms with E-state index in [0.29, 0.717) is 0 Å². The Hall–Kier alpha value is -0.0951. The Bertz CT molecular complexity index is 165. The maximum atomic E-state index is 9.62. The van der Waals surface area contributed by atoms with Crippen LogP contribution < -0.4 is 0 Å². The van der Waals surface area contributed by atoms with Crippen LogP contribution in [0.2, 0.25) is 0 Å². The minimum Gasteiger partial charge on any atom is -0.396 e. The van der Waals surface area contributed by atoms with E-state index in [2.05, 4.69) is 0 Å². The Kier molecular flexibility index (Phi) is 2.78. The summed E-state index contributed by atoms with van der Waals surface area (Å²) >= 11 is 0. The number of hydrogen-bond acceptors (Lipinski definition) is 4. The average Bonchev–Trinajstić information content (AvgIpc) is 2.30. The van der Waals surface area contributed by atoms with Gasteiger partial charge >= 0.3 is 0 Å². The van der Waals surface area contributed by atoms with E-state index in [9.17, 15) is 5.11 Å². The average molecular weight is 174 g/mol. The lowest BCUT2D eigenvalue weighted by Crippen LogP contribution is -2.43. The molecule has 0 saturated carbocycles. The van der Waals surface area contributed by atoms with Crippen molar-refractivity contribution in [2.45, 2.75) is 25.1 Å². The van der Waals surface area contributed by atoms with Gasteiger partial charge in [0.1, 0.15) is 7.85 Å². The highest BCUT2D eigenvalue weighted by Gasteiger charge is 2.50. The predicted octanol–water partition coefficient (Wildman–Crippen LogP) is -2.30. The zero-order valence-corrected chi connectivity index (χ0v) is 7.40. The molecule has 0 spiro atoms. The SMILES string of the molecule is B[C@@H]1OC(CO)[C@@](C)(CO)[C@H]1O. The molecule has 4 atom stereocenters. The summed E-state index contributed by atoms with van der Waals surface area (Å²) in [5.74, 6) is 0. The zero-order valence-electron chi connectivity index (χ0n) is 7.40. The van der Waals surface area contributed by atoms with Crippen molar-refractivity contribution in [1.82, 2.24) is 0 Å². The largest absolute Gasteiger partial charge is 0.396 e. The molecule has 1 aliphatic rings. The zero-order chi connectivity index (χ0) is 9.35. The molecule has 0 aromatic rings. The molecule has 1 saturated heterocycles. The molecule has 0 radical (unpaired) electrons. The van der Waals surface area contributed by atoms with Crippen molar-refractivity contribution in [3.63, 3.8) is 0 Å². The summed E-state index contributed by atoms with van der Waals surface area (Å²) in [6.45, 7) is 1.37. The Morgan fingerprint density at radius 2 is 2.08 bits per heavy atom. The van der Waals surface area contributed by atoms with Crippen LogP contribution in [0.3, 0.4) is 0 Å². The second kappa shape index (κ2) is 3.34. The van der Waals surface area contributed by atoms with Crippen LogP contribution in [0, 0.1) is 5.41 Å². The standard InChI is InChI=1S/C7H15BO4/c1-7(3-10)4(2-9)12-6(8)5(7)11/h4-6,9-11H,2-3,8H2,1H3/t4?,5-,6+,7+/m0/s1. The molecule has 12 heavy (non-hydrogen) atoms. The summed E-state index contributed by atoms with van der Waals surface area (Å²) in [6, 6.07) is -0.320. The molecule has 5 heteroatoms. The van der Waals surface area contributed by atoms with Gasteiger partial charge in [0, 0.05) is 5.41 Å². The van der Waals surface area contributed by atoms with Gasteiger partial charge in [0.25, 0.3) is 0 Å².